The van der Waals surface area contributed by atoms with E-state index < -0.39 is 39.6 Å². The first-order valence-corrected chi connectivity index (χ1v) is 9.84. The summed E-state index contributed by atoms with van der Waals surface area (Å²) in [5.41, 5.74) is -0.311. The number of carbonyl (C=O) groups excluding carboxylic acids is 2. The molecule has 1 aromatic heterocycles. The fourth-order valence-electron chi connectivity index (χ4n) is 2.82. The Morgan fingerprint density at radius 1 is 1.07 bits per heavy atom. The zero-order valence-electron chi connectivity index (χ0n) is 15.0. The fourth-order valence-corrected chi connectivity index (χ4v) is 3.60. The van der Waals surface area contributed by atoms with Crippen LogP contribution in [0.15, 0.2) is 27.1 Å². The molecule has 0 aliphatic rings. The first kappa shape index (κ1) is 21.0. The van der Waals surface area contributed by atoms with E-state index in [9.17, 15) is 30.0 Å². The second kappa shape index (κ2) is 7.60. The lowest BCUT2D eigenvalue weighted by Gasteiger charge is -2.09. The van der Waals surface area contributed by atoms with E-state index in [1.54, 1.807) is 6.92 Å². The molecule has 4 N–H and O–H groups in total. The highest BCUT2D eigenvalue weighted by molar-refractivity contribution is 9.10. The van der Waals surface area contributed by atoms with Gasteiger partial charge in [-0.3, -0.25) is 9.59 Å². The Bertz CT molecular complexity index is 1160. The van der Waals surface area contributed by atoms with Crippen LogP contribution in [0.2, 0.25) is 0 Å². The number of hydrogen-bond acceptors (Lipinski definition) is 8. The summed E-state index contributed by atoms with van der Waals surface area (Å²) in [5.74, 6) is -4.41. The van der Waals surface area contributed by atoms with Crippen LogP contribution in [0.3, 0.4) is 0 Å². The van der Waals surface area contributed by atoms with Gasteiger partial charge in [0.15, 0.2) is 17.1 Å². The lowest BCUT2D eigenvalue weighted by molar-refractivity contribution is -0.131. The number of benzene rings is 2. The van der Waals surface area contributed by atoms with Crippen molar-refractivity contribution in [1.82, 2.24) is 0 Å². The van der Waals surface area contributed by atoms with Gasteiger partial charge in [-0.1, -0.05) is 15.9 Å². The molecule has 8 nitrogen and oxygen atoms in total. The zero-order valence-corrected chi connectivity index (χ0v) is 18.2. The molecule has 1 heterocycles. The summed E-state index contributed by atoms with van der Waals surface area (Å²) in [6, 6.07) is 4.24. The second-order valence-corrected chi connectivity index (χ2v) is 8.35. The van der Waals surface area contributed by atoms with Crippen molar-refractivity contribution in [2.24, 2.45) is 0 Å². The second-order valence-electron chi connectivity index (χ2n) is 6.12. The number of hydrogen-bond donors (Lipinski definition) is 4. The van der Waals surface area contributed by atoms with E-state index in [0.717, 1.165) is 0 Å². The van der Waals surface area contributed by atoms with Crippen LogP contribution in [0.4, 0.5) is 0 Å². The molecule has 3 rings (SSSR count). The van der Waals surface area contributed by atoms with Gasteiger partial charge in [-0.25, -0.2) is 0 Å². The zero-order chi connectivity index (χ0) is 21.6. The van der Waals surface area contributed by atoms with Crippen molar-refractivity contribution in [3.05, 3.63) is 39.6 Å². The van der Waals surface area contributed by atoms with Crippen LogP contribution in [-0.4, -0.2) is 32.2 Å². The quantitative estimate of drug-likeness (QED) is 0.0958. The van der Waals surface area contributed by atoms with Crippen molar-refractivity contribution in [1.29, 1.82) is 0 Å². The third-order valence-corrected chi connectivity index (χ3v) is 5.13. The largest absolute Gasteiger partial charge is 0.504 e. The molecule has 0 saturated carbocycles. The number of alkyl halides is 1. The molecule has 0 spiro atoms. The Morgan fingerprint density at radius 2 is 1.69 bits per heavy atom. The van der Waals surface area contributed by atoms with Gasteiger partial charge in [-0.05, 0) is 41.1 Å². The predicted octanol–water partition coefficient (Wildman–Crippen LogP) is 4.63. The summed E-state index contributed by atoms with van der Waals surface area (Å²) in [7, 11) is 0. The summed E-state index contributed by atoms with van der Waals surface area (Å²) in [6.45, 7) is 2.89. The van der Waals surface area contributed by atoms with Gasteiger partial charge in [-0.2, -0.15) is 0 Å². The minimum atomic E-state index is -0.981. The Balaban J connectivity index is 2.26. The number of aromatic hydroxyl groups is 4. The lowest BCUT2D eigenvalue weighted by Crippen LogP contribution is -2.06. The van der Waals surface area contributed by atoms with Gasteiger partial charge in [0, 0.05) is 12.5 Å². The van der Waals surface area contributed by atoms with Crippen molar-refractivity contribution >= 4 is 54.6 Å². The Hall–Kier alpha value is -2.72. The normalized spacial score (nSPS) is 12.1. The molecule has 3 aromatic rings. The van der Waals surface area contributed by atoms with Gasteiger partial charge < -0.3 is 29.6 Å². The maximum Gasteiger partial charge on any atom is 0.308 e. The van der Waals surface area contributed by atoms with Crippen molar-refractivity contribution in [2.75, 3.05) is 0 Å². The molecule has 0 saturated heterocycles. The van der Waals surface area contributed by atoms with Crippen LogP contribution in [0.5, 0.6) is 28.7 Å². The maximum atomic E-state index is 13.2. The summed E-state index contributed by atoms with van der Waals surface area (Å²) >= 11 is 6.52. The number of rotatable bonds is 4. The van der Waals surface area contributed by atoms with Crippen molar-refractivity contribution in [2.45, 2.75) is 18.7 Å². The van der Waals surface area contributed by atoms with Crippen LogP contribution in [0, 0.1) is 0 Å². The van der Waals surface area contributed by atoms with Crippen LogP contribution in [0.1, 0.15) is 40.4 Å². The molecule has 0 amide bonds. The standard InChI is InChI=1S/C19H14Br2O8/c1-6(20)18-11(12-14(24)15(25)16(26)17(27)19(12)29-18)13(23)8-3-4-10(9(21)5-8)28-7(2)22/h3-6,24-27H,1-2H3. The molecular formula is C19H14Br2O8. The highest BCUT2D eigenvalue weighted by atomic mass is 79.9. The molecule has 0 bridgehead atoms. The average molecular weight is 530 g/mol. The van der Waals surface area contributed by atoms with Crippen molar-refractivity contribution in [3.8, 4) is 28.7 Å². The van der Waals surface area contributed by atoms with E-state index in [2.05, 4.69) is 31.9 Å². The van der Waals surface area contributed by atoms with Gasteiger partial charge in [0.25, 0.3) is 0 Å². The SMILES string of the molecule is CC(=O)Oc1ccc(C(=O)c2c(C(C)Br)oc3c(O)c(O)c(O)c(O)c23)cc1Br. The van der Waals surface area contributed by atoms with E-state index in [1.165, 1.54) is 25.1 Å². The number of fused-ring (bicyclic) bond motifs is 1. The molecular weight excluding hydrogens is 516 g/mol. The minimum absolute atomic E-state index is 0.0702. The van der Waals surface area contributed by atoms with Gasteiger partial charge in [0.05, 0.1) is 20.2 Å². The van der Waals surface area contributed by atoms with Crippen LogP contribution in [-0.2, 0) is 4.79 Å². The molecule has 0 fully saturated rings. The molecule has 0 aliphatic carbocycles. The first-order chi connectivity index (χ1) is 13.5. The number of carbonyl (C=O) groups is 2. The Morgan fingerprint density at radius 3 is 2.24 bits per heavy atom. The predicted molar refractivity (Wildman–Crippen MR) is 109 cm³/mol. The van der Waals surface area contributed by atoms with Crippen LogP contribution < -0.4 is 4.74 Å². The number of phenols is 4. The van der Waals surface area contributed by atoms with Crippen LogP contribution >= 0.6 is 31.9 Å². The van der Waals surface area contributed by atoms with E-state index >= 15 is 0 Å². The number of halogens is 2. The third-order valence-electron chi connectivity index (χ3n) is 4.10. The number of ether oxygens (including phenoxy) is 1. The smallest absolute Gasteiger partial charge is 0.308 e. The fraction of sp³-hybridized carbons (Fsp3) is 0.158. The highest BCUT2D eigenvalue weighted by Crippen LogP contribution is 2.52. The topological polar surface area (TPSA) is 137 Å². The van der Waals surface area contributed by atoms with E-state index in [4.69, 9.17) is 9.15 Å². The molecule has 2 aromatic carbocycles. The molecule has 1 unspecified atom stereocenters. The van der Waals surface area contributed by atoms with Crippen molar-refractivity contribution in [3.63, 3.8) is 0 Å². The Labute approximate surface area is 180 Å². The van der Waals surface area contributed by atoms with E-state index in [1.807, 2.05) is 0 Å². The summed E-state index contributed by atoms with van der Waals surface area (Å²) in [4.78, 5) is 23.9. The summed E-state index contributed by atoms with van der Waals surface area (Å²) in [6.07, 6.45) is 0. The molecule has 1 atom stereocenters. The number of phenolic OH excluding ortho intramolecular Hbond substituents is 4. The average Bonchev–Trinajstić information content (AvgIpc) is 3.06. The third kappa shape index (κ3) is 3.53. The number of esters is 1. The van der Waals surface area contributed by atoms with Gasteiger partial charge >= 0.3 is 5.97 Å². The van der Waals surface area contributed by atoms with E-state index in [-0.39, 0.29) is 33.6 Å². The van der Waals surface area contributed by atoms with Crippen molar-refractivity contribution < 1.29 is 39.2 Å². The molecule has 0 aliphatic heterocycles. The molecule has 152 valence electrons. The maximum absolute atomic E-state index is 13.2. The number of ketones is 1. The first-order valence-electron chi connectivity index (χ1n) is 8.13. The summed E-state index contributed by atoms with van der Waals surface area (Å²) < 4.78 is 10.9. The highest BCUT2D eigenvalue weighted by Gasteiger charge is 2.32. The lowest BCUT2D eigenvalue weighted by atomic mass is 9.98. The van der Waals surface area contributed by atoms with Gasteiger partial charge in [0.1, 0.15) is 11.5 Å². The number of furan rings is 1. The minimum Gasteiger partial charge on any atom is -0.504 e. The molecule has 29 heavy (non-hydrogen) atoms. The Kier molecular flexibility index (Phi) is 5.50. The van der Waals surface area contributed by atoms with Gasteiger partial charge in [0.2, 0.25) is 17.2 Å². The molecule has 0 radical (unpaired) electrons. The summed E-state index contributed by atoms with van der Waals surface area (Å²) in [5, 5.41) is 39.8. The molecule has 10 heteroatoms. The van der Waals surface area contributed by atoms with Crippen LogP contribution in [0.25, 0.3) is 11.0 Å². The monoisotopic (exact) mass is 528 g/mol. The van der Waals surface area contributed by atoms with E-state index in [0.29, 0.717) is 4.47 Å². The van der Waals surface area contributed by atoms with Gasteiger partial charge in [-0.15, -0.1) is 0 Å².